The fourth-order valence-corrected chi connectivity index (χ4v) is 5.89. The molecule has 3 aromatic rings. The number of amidine groups is 2. The fourth-order valence-electron chi connectivity index (χ4n) is 5.04. The van der Waals surface area contributed by atoms with Crippen LogP contribution in [0.1, 0.15) is 55.4 Å². The quantitative estimate of drug-likeness (QED) is 0.248. The summed E-state index contributed by atoms with van der Waals surface area (Å²) in [5.74, 6) is 0.673. The van der Waals surface area contributed by atoms with E-state index in [-0.39, 0.29) is 29.4 Å². The van der Waals surface area contributed by atoms with E-state index in [9.17, 15) is 22.8 Å². The summed E-state index contributed by atoms with van der Waals surface area (Å²) in [4.78, 5) is 31.4. The van der Waals surface area contributed by atoms with Gasteiger partial charge >= 0.3 is 12.4 Å². The summed E-state index contributed by atoms with van der Waals surface area (Å²) in [6, 6.07) is 18.5. The molecule has 2 aliphatic rings. The number of urea groups is 1. The number of nitrogens with zero attached hydrogens (tertiary/aromatic N) is 4. The molecule has 9 nitrogen and oxygen atoms in total. The van der Waals surface area contributed by atoms with Gasteiger partial charge in [0.25, 0.3) is 0 Å². The van der Waals surface area contributed by atoms with Crippen LogP contribution in [-0.4, -0.2) is 47.8 Å². The number of benzene rings is 3. The zero-order chi connectivity index (χ0) is 33.7. The molecule has 0 radical (unpaired) electrons. The maximum Gasteiger partial charge on any atom is 0.573 e. The van der Waals surface area contributed by atoms with Crippen LogP contribution in [0.3, 0.4) is 0 Å². The van der Waals surface area contributed by atoms with E-state index < -0.39 is 12.4 Å². The van der Waals surface area contributed by atoms with Crippen LogP contribution in [-0.2, 0) is 4.79 Å². The van der Waals surface area contributed by atoms with E-state index in [1.807, 2.05) is 68.5 Å². The Morgan fingerprint density at radius 3 is 2.51 bits per heavy atom. The molecule has 47 heavy (non-hydrogen) atoms. The first-order chi connectivity index (χ1) is 22.4. The lowest BCUT2D eigenvalue weighted by Gasteiger charge is -2.22. The molecule has 1 saturated heterocycles. The Morgan fingerprint density at radius 2 is 1.83 bits per heavy atom. The minimum absolute atomic E-state index is 0.0997. The molecule has 1 fully saturated rings. The standard InChI is InChI=1S/C34H35F3N6O3S/c1-21(2)28-17-8-22(3)18-29(28)43-30(44)19-47-33(43)40-32(45)39-23(4)6-5-7-24-9-11-25(12-10-24)31-38-20-42(41-31)26-13-15-27(16-14-26)46-34(35,36)37/h5,7-18,21,23H,6,19-20H2,1-4H3,(H,38,41)(H,39,45)/b7-5+,40-33-. The first-order valence-corrected chi connectivity index (χ1v) is 16.0. The number of hydrogen-bond donors (Lipinski definition) is 2. The van der Waals surface area contributed by atoms with Crippen LogP contribution in [0.2, 0.25) is 0 Å². The lowest BCUT2D eigenvalue weighted by atomic mass is 9.99. The molecule has 1 unspecified atom stereocenters. The van der Waals surface area contributed by atoms with Crippen molar-refractivity contribution in [1.82, 2.24) is 10.6 Å². The molecule has 2 heterocycles. The number of rotatable bonds is 9. The average Bonchev–Trinajstić information content (AvgIpc) is 3.64. The molecule has 0 aliphatic carbocycles. The van der Waals surface area contributed by atoms with Gasteiger partial charge in [-0.05, 0) is 73.2 Å². The summed E-state index contributed by atoms with van der Waals surface area (Å²) in [5, 5.41) is 12.6. The Morgan fingerprint density at radius 1 is 1.11 bits per heavy atom. The largest absolute Gasteiger partial charge is 0.573 e. The Kier molecular flexibility index (Phi) is 10.2. The van der Waals surface area contributed by atoms with Gasteiger partial charge in [-0.25, -0.2) is 9.80 Å². The van der Waals surface area contributed by atoms with Crippen LogP contribution in [0.25, 0.3) is 6.08 Å². The molecular formula is C34H35F3N6O3S. The molecule has 246 valence electrons. The summed E-state index contributed by atoms with van der Waals surface area (Å²) >= 11 is 1.26. The number of hydrogen-bond acceptors (Lipinski definition) is 7. The summed E-state index contributed by atoms with van der Waals surface area (Å²) in [6.45, 7) is 8.36. The Labute approximate surface area is 275 Å². The number of alkyl halides is 3. The molecule has 0 aromatic heterocycles. The number of carbonyl (C=O) groups excluding carboxylic acids is 2. The summed E-state index contributed by atoms with van der Waals surface area (Å²) in [5.41, 5.74) is 5.24. The maximum atomic E-state index is 12.8. The van der Waals surface area contributed by atoms with E-state index in [4.69, 9.17) is 0 Å². The van der Waals surface area contributed by atoms with Gasteiger partial charge in [-0.3, -0.25) is 9.69 Å². The third-order valence-corrected chi connectivity index (χ3v) is 8.27. The van der Waals surface area contributed by atoms with E-state index in [0.717, 1.165) is 27.9 Å². The van der Waals surface area contributed by atoms with Crippen LogP contribution in [0.4, 0.5) is 29.3 Å². The topological polar surface area (TPSA) is 98.6 Å². The van der Waals surface area contributed by atoms with E-state index in [1.54, 1.807) is 9.91 Å². The second-order valence-electron chi connectivity index (χ2n) is 11.5. The Balaban J connectivity index is 1.14. The summed E-state index contributed by atoms with van der Waals surface area (Å²) < 4.78 is 41.2. The second-order valence-corrected chi connectivity index (χ2v) is 12.4. The predicted octanol–water partition coefficient (Wildman–Crippen LogP) is 7.38. The van der Waals surface area contributed by atoms with Crippen molar-refractivity contribution in [2.75, 3.05) is 22.3 Å². The van der Waals surface area contributed by atoms with Crippen LogP contribution in [0.5, 0.6) is 5.75 Å². The van der Waals surface area contributed by atoms with Crippen molar-refractivity contribution in [1.29, 1.82) is 0 Å². The van der Waals surface area contributed by atoms with Crippen LogP contribution >= 0.6 is 11.8 Å². The molecule has 3 aromatic carbocycles. The molecule has 0 spiro atoms. The number of aryl methyl sites for hydroxylation is 1. The van der Waals surface area contributed by atoms with Crippen molar-refractivity contribution in [3.8, 4) is 5.75 Å². The second kappa shape index (κ2) is 14.3. The number of thioether (sulfide) groups is 1. The highest BCUT2D eigenvalue weighted by Crippen LogP contribution is 2.34. The minimum atomic E-state index is -4.74. The van der Waals surface area contributed by atoms with Gasteiger partial charge in [0.15, 0.2) is 11.0 Å². The maximum absolute atomic E-state index is 12.8. The van der Waals surface area contributed by atoms with E-state index in [2.05, 4.69) is 39.3 Å². The molecule has 1 atom stereocenters. The van der Waals surface area contributed by atoms with Gasteiger partial charge in [0.05, 0.1) is 17.1 Å². The van der Waals surface area contributed by atoms with Gasteiger partial charge in [-0.2, -0.15) is 10.1 Å². The third-order valence-electron chi connectivity index (χ3n) is 7.35. The molecule has 0 bridgehead atoms. The van der Waals surface area contributed by atoms with E-state index in [1.165, 1.54) is 36.0 Å². The predicted molar refractivity (Wildman–Crippen MR) is 181 cm³/mol. The van der Waals surface area contributed by atoms with Crippen LogP contribution < -0.4 is 25.3 Å². The number of anilines is 2. The highest BCUT2D eigenvalue weighted by atomic mass is 32.2. The van der Waals surface area contributed by atoms with Gasteiger partial charge < -0.3 is 15.4 Å². The molecule has 5 rings (SSSR count). The third kappa shape index (κ3) is 8.73. The smallest absolute Gasteiger partial charge is 0.406 e. The number of hydrazone groups is 1. The van der Waals surface area contributed by atoms with Gasteiger partial charge in [-0.1, -0.05) is 74.2 Å². The monoisotopic (exact) mass is 664 g/mol. The zero-order valence-corrected chi connectivity index (χ0v) is 27.2. The number of aliphatic imine (C=N–C) groups is 1. The normalized spacial score (nSPS) is 16.6. The van der Waals surface area contributed by atoms with Crippen molar-refractivity contribution < 1.29 is 27.5 Å². The molecule has 3 amide bonds. The lowest BCUT2D eigenvalue weighted by molar-refractivity contribution is -0.274. The zero-order valence-electron chi connectivity index (χ0n) is 26.3. The lowest BCUT2D eigenvalue weighted by Crippen LogP contribution is -2.34. The first kappa shape index (κ1) is 33.6. The van der Waals surface area contributed by atoms with Crippen LogP contribution in [0, 0.1) is 6.92 Å². The molecule has 2 aliphatic heterocycles. The number of halogens is 3. The molecule has 2 N–H and O–H groups in total. The Hall–Kier alpha value is -4.78. The van der Waals surface area contributed by atoms with Crippen molar-refractivity contribution >= 4 is 52.2 Å². The fraction of sp³-hybridized carbons (Fsp3) is 0.294. The van der Waals surface area contributed by atoms with Crippen molar-refractivity contribution in [2.24, 2.45) is 10.1 Å². The van der Waals surface area contributed by atoms with Crippen molar-refractivity contribution in [3.63, 3.8) is 0 Å². The van der Waals surface area contributed by atoms with Gasteiger partial charge in [0.2, 0.25) is 5.91 Å². The molecule has 0 saturated carbocycles. The van der Waals surface area contributed by atoms with E-state index >= 15 is 0 Å². The number of ether oxygens (including phenoxy) is 1. The average molecular weight is 665 g/mol. The van der Waals surface area contributed by atoms with Crippen molar-refractivity contribution in [2.45, 2.75) is 52.4 Å². The number of amides is 3. The highest BCUT2D eigenvalue weighted by Gasteiger charge is 2.33. The van der Waals surface area contributed by atoms with E-state index in [0.29, 0.717) is 29.8 Å². The molecule has 13 heteroatoms. The Bertz CT molecular complexity index is 1710. The summed E-state index contributed by atoms with van der Waals surface area (Å²) in [7, 11) is 0. The van der Waals surface area contributed by atoms with Crippen molar-refractivity contribution in [3.05, 3.63) is 95.1 Å². The van der Waals surface area contributed by atoms with Crippen LogP contribution in [0.15, 0.2) is 82.9 Å². The first-order valence-electron chi connectivity index (χ1n) is 15.0. The molecular weight excluding hydrogens is 629 g/mol. The SMILES string of the molecule is Cc1ccc(C(C)C)c(N2C(=O)CS/C2=N\C(=O)NC(C)C/C=C/c2ccc(C3=NN(c4ccc(OC(F)(F)F)cc4)CN3)cc2)c1. The van der Waals surface area contributed by atoms with Gasteiger partial charge in [0, 0.05) is 11.6 Å². The number of nitrogens with one attached hydrogen (secondary N) is 2. The minimum Gasteiger partial charge on any atom is -0.406 e. The van der Waals surface area contributed by atoms with Gasteiger partial charge in [-0.15, -0.1) is 13.2 Å². The highest BCUT2D eigenvalue weighted by molar-refractivity contribution is 8.15. The number of carbonyl (C=O) groups is 2. The summed E-state index contributed by atoms with van der Waals surface area (Å²) in [6.07, 6.45) is -0.251. The van der Waals surface area contributed by atoms with Gasteiger partial charge in [0.1, 0.15) is 12.4 Å².